The Balaban J connectivity index is 2.64. The Morgan fingerprint density at radius 2 is 2.07 bits per heavy atom. The van der Waals surface area contributed by atoms with E-state index >= 15 is 0 Å². The van der Waals surface area contributed by atoms with Gasteiger partial charge in [-0.3, -0.25) is 0 Å². The van der Waals surface area contributed by atoms with E-state index in [1.165, 1.54) is 0 Å². The van der Waals surface area contributed by atoms with Gasteiger partial charge in [-0.05, 0) is 53.9 Å². The molecule has 3 heteroatoms. The molecule has 0 N–H and O–H groups in total. The quantitative estimate of drug-likeness (QED) is 0.629. The van der Waals surface area contributed by atoms with Gasteiger partial charge in [0.25, 0.3) is 0 Å². The van der Waals surface area contributed by atoms with E-state index in [9.17, 15) is 4.79 Å². The Hall–Kier alpha value is -0.570. The zero-order valence-corrected chi connectivity index (χ0v) is 10.4. The normalized spacial score (nSPS) is 32.5. The van der Waals surface area contributed by atoms with Crippen LogP contribution >= 0.6 is 0 Å². The van der Waals surface area contributed by atoms with Crippen molar-refractivity contribution in [3.8, 4) is 0 Å². The second kappa shape index (κ2) is 4.12. The summed E-state index contributed by atoms with van der Waals surface area (Å²) in [6, 6.07) is 0. The third kappa shape index (κ3) is 3.49. The van der Waals surface area contributed by atoms with Gasteiger partial charge in [0.05, 0.1) is 6.10 Å². The SMILES string of the molecule is C[C@H]1CCC[C@@](C)(C(=O)OC(C)(C)C)O1. The van der Waals surface area contributed by atoms with Crippen LogP contribution in [0, 0.1) is 0 Å². The van der Waals surface area contributed by atoms with Crippen molar-refractivity contribution in [2.24, 2.45) is 0 Å². The number of ether oxygens (including phenoxy) is 2. The van der Waals surface area contributed by atoms with Crippen LogP contribution in [-0.2, 0) is 14.3 Å². The second-order valence-corrected chi connectivity index (χ2v) is 5.55. The molecule has 15 heavy (non-hydrogen) atoms. The fourth-order valence-corrected chi connectivity index (χ4v) is 1.82. The number of rotatable bonds is 1. The molecule has 2 atom stereocenters. The van der Waals surface area contributed by atoms with Crippen LogP contribution in [0.2, 0.25) is 0 Å². The largest absolute Gasteiger partial charge is 0.458 e. The van der Waals surface area contributed by atoms with Gasteiger partial charge < -0.3 is 9.47 Å². The molecule has 1 aliphatic heterocycles. The Kier molecular flexibility index (Phi) is 3.44. The molecule has 1 saturated heterocycles. The Morgan fingerprint density at radius 3 is 2.53 bits per heavy atom. The average Bonchev–Trinajstić information content (AvgIpc) is 2.00. The van der Waals surface area contributed by atoms with Crippen molar-refractivity contribution in [2.75, 3.05) is 0 Å². The summed E-state index contributed by atoms with van der Waals surface area (Å²) in [5, 5.41) is 0. The average molecular weight is 214 g/mol. The second-order valence-electron chi connectivity index (χ2n) is 5.55. The molecule has 88 valence electrons. The van der Waals surface area contributed by atoms with E-state index in [-0.39, 0.29) is 12.1 Å². The summed E-state index contributed by atoms with van der Waals surface area (Å²) in [4.78, 5) is 11.9. The highest BCUT2D eigenvalue weighted by atomic mass is 16.6. The molecule has 1 rings (SSSR count). The van der Waals surface area contributed by atoms with Gasteiger partial charge in [0, 0.05) is 0 Å². The highest BCUT2D eigenvalue weighted by Crippen LogP contribution is 2.30. The summed E-state index contributed by atoms with van der Waals surface area (Å²) in [7, 11) is 0. The van der Waals surface area contributed by atoms with E-state index < -0.39 is 11.2 Å². The summed E-state index contributed by atoms with van der Waals surface area (Å²) in [5.41, 5.74) is -1.19. The molecule has 1 fully saturated rings. The number of esters is 1. The highest BCUT2D eigenvalue weighted by molar-refractivity contribution is 5.79. The summed E-state index contributed by atoms with van der Waals surface area (Å²) >= 11 is 0. The van der Waals surface area contributed by atoms with Crippen molar-refractivity contribution in [2.45, 2.75) is 71.2 Å². The van der Waals surface area contributed by atoms with Crippen molar-refractivity contribution in [3.63, 3.8) is 0 Å². The molecule has 0 unspecified atom stereocenters. The van der Waals surface area contributed by atoms with Crippen molar-refractivity contribution in [1.82, 2.24) is 0 Å². The number of hydrogen-bond acceptors (Lipinski definition) is 3. The lowest BCUT2D eigenvalue weighted by molar-refractivity contribution is -0.194. The predicted octanol–water partition coefficient (Wildman–Crippen LogP) is 2.68. The van der Waals surface area contributed by atoms with E-state index in [0.29, 0.717) is 0 Å². The van der Waals surface area contributed by atoms with Gasteiger partial charge >= 0.3 is 5.97 Å². The molecule has 0 aromatic heterocycles. The van der Waals surface area contributed by atoms with Gasteiger partial charge in [0.2, 0.25) is 0 Å². The molecular weight excluding hydrogens is 192 g/mol. The molecule has 3 nitrogen and oxygen atoms in total. The summed E-state index contributed by atoms with van der Waals surface area (Å²) in [6.07, 6.45) is 2.96. The van der Waals surface area contributed by atoms with Crippen molar-refractivity contribution in [3.05, 3.63) is 0 Å². The highest BCUT2D eigenvalue weighted by Gasteiger charge is 2.41. The summed E-state index contributed by atoms with van der Waals surface area (Å²) < 4.78 is 11.1. The predicted molar refractivity (Wildman–Crippen MR) is 58.6 cm³/mol. The first-order chi connectivity index (χ1) is 6.73. The van der Waals surface area contributed by atoms with Gasteiger partial charge in [-0.1, -0.05) is 0 Å². The lowest BCUT2D eigenvalue weighted by Crippen LogP contribution is -2.47. The molecule has 0 spiro atoms. The zero-order valence-electron chi connectivity index (χ0n) is 10.4. The molecule has 1 heterocycles. The smallest absolute Gasteiger partial charge is 0.338 e. The van der Waals surface area contributed by atoms with Crippen LogP contribution in [-0.4, -0.2) is 23.3 Å². The van der Waals surface area contributed by atoms with Crippen LogP contribution in [0.4, 0.5) is 0 Å². The van der Waals surface area contributed by atoms with Gasteiger partial charge in [0.1, 0.15) is 5.60 Å². The van der Waals surface area contributed by atoms with Crippen LogP contribution in [0.5, 0.6) is 0 Å². The lowest BCUT2D eigenvalue weighted by atomic mass is 9.93. The van der Waals surface area contributed by atoms with Crippen LogP contribution in [0.15, 0.2) is 0 Å². The van der Waals surface area contributed by atoms with E-state index in [1.807, 2.05) is 34.6 Å². The minimum atomic E-state index is -0.745. The van der Waals surface area contributed by atoms with E-state index in [0.717, 1.165) is 19.3 Å². The van der Waals surface area contributed by atoms with Crippen LogP contribution in [0.3, 0.4) is 0 Å². The van der Waals surface area contributed by atoms with Gasteiger partial charge in [-0.25, -0.2) is 4.79 Å². The van der Waals surface area contributed by atoms with Crippen molar-refractivity contribution >= 4 is 5.97 Å². The maximum atomic E-state index is 11.9. The molecule has 0 saturated carbocycles. The molecule has 0 amide bonds. The monoisotopic (exact) mass is 214 g/mol. The van der Waals surface area contributed by atoms with Gasteiger partial charge in [-0.2, -0.15) is 0 Å². The number of hydrogen-bond donors (Lipinski definition) is 0. The van der Waals surface area contributed by atoms with E-state index in [1.54, 1.807) is 0 Å². The number of carbonyl (C=O) groups is 1. The van der Waals surface area contributed by atoms with Crippen molar-refractivity contribution in [1.29, 1.82) is 0 Å². The third-order valence-corrected chi connectivity index (χ3v) is 2.56. The minimum absolute atomic E-state index is 0.149. The minimum Gasteiger partial charge on any atom is -0.458 e. The van der Waals surface area contributed by atoms with Crippen molar-refractivity contribution < 1.29 is 14.3 Å². The molecule has 0 bridgehead atoms. The Labute approximate surface area is 92.1 Å². The number of carbonyl (C=O) groups excluding carboxylic acids is 1. The maximum absolute atomic E-state index is 11.9. The standard InChI is InChI=1S/C12H22O3/c1-9-7-6-8-12(5,14-9)10(13)15-11(2,3)4/h9H,6-8H2,1-5H3/t9-,12-/m0/s1. The van der Waals surface area contributed by atoms with Crippen LogP contribution in [0.25, 0.3) is 0 Å². The van der Waals surface area contributed by atoms with Gasteiger partial charge in [0.15, 0.2) is 5.60 Å². The molecule has 1 aliphatic rings. The summed E-state index contributed by atoms with van der Waals surface area (Å²) in [5.74, 6) is -0.235. The molecular formula is C12H22O3. The third-order valence-electron chi connectivity index (χ3n) is 2.56. The fraction of sp³-hybridized carbons (Fsp3) is 0.917. The molecule has 0 radical (unpaired) electrons. The summed E-state index contributed by atoms with van der Waals surface area (Å²) in [6.45, 7) is 9.46. The van der Waals surface area contributed by atoms with Crippen LogP contribution in [0.1, 0.15) is 53.9 Å². The van der Waals surface area contributed by atoms with Crippen LogP contribution < -0.4 is 0 Å². The first-order valence-corrected chi connectivity index (χ1v) is 5.64. The Bertz CT molecular complexity index is 242. The molecule has 0 aliphatic carbocycles. The first kappa shape index (κ1) is 12.5. The molecule has 0 aromatic carbocycles. The maximum Gasteiger partial charge on any atom is 0.338 e. The zero-order chi connectivity index (χ0) is 11.7. The van der Waals surface area contributed by atoms with E-state index in [4.69, 9.17) is 9.47 Å². The fourth-order valence-electron chi connectivity index (χ4n) is 1.82. The van der Waals surface area contributed by atoms with Gasteiger partial charge in [-0.15, -0.1) is 0 Å². The Morgan fingerprint density at radius 1 is 1.47 bits per heavy atom. The first-order valence-electron chi connectivity index (χ1n) is 5.64. The molecule has 0 aromatic rings. The lowest BCUT2D eigenvalue weighted by Gasteiger charge is -2.37. The topological polar surface area (TPSA) is 35.5 Å². The van der Waals surface area contributed by atoms with E-state index in [2.05, 4.69) is 0 Å².